The van der Waals surface area contributed by atoms with E-state index in [1.807, 2.05) is 12.4 Å². The topological polar surface area (TPSA) is 26.9 Å². The second kappa shape index (κ2) is 5.91. The minimum absolute atomic E-state index is 0.0785. The number of nitrogens with zero attached hydrogens (tertiary/aromatic N) is 2. The van der Waals surface area contributed by atoms with E-state index >= 15 is 0 Å². The number of rotatable bonds is 5. The highest BCUT2D eigenvalue weighted by atomic mass is 16.1. The number of hydrogen-bond acceptors (Lipinski definition) is 1. The van der Waals surface area contributed by atoms with Gasteiger partial charge in [-0.05, 0) is 23.5 Å². The molecule has 2 rings (SSSR count). The molecule has 19 heavy (non-hydrogen) atoms. The van der Waals surface area contributed by atoms with Gasteiger partial charge in [0, 0.05) is 18.9 Å². The predicted octanol–water partition coefficient (Wildman–Crippen LogP) is 3.23. The van der Waals surface area contributed by atoms with E-state index in [-0.39, 0.29) is 5.69 Å². The van der Waals surface area contributed by atoms with Crippen LogP contribution < -0.4 is 5.69 Å². The van der Waals surface area contributed by atoms with Gasteiger partial charge in [-0.25, -0.2) is 4.79 Å². The number of hydrogen-bond donors (Lipinski definition) is 0. The van der Waals surface area contributed by atoms with Crippen LogP contribution in [0.25, 0.3) is 0 Å². The molecule has 1 aromatic carbocycles. The first-order valence-corrected chi connectivity index (χ1v) is 6.96. The van der Waals surface area contributed by atoms with E-state index in [1.165, 1.54) is 11.1 Å². The first-order chi connectivity index (χ1) is 9.11. The van der Waals surface area contributed by atoms with Crippen molar-refractivity contribution in [2.75, 3.05) is 0 Å². The SMILES string of the molecule is CCCn1ccn(Cc2ccc(C(C)C)cc2)c1=O. The molecule has 0 aliphatic carbocycles. The summed E-state index contributed by atoms with van der Waals surface area (Å²) in [6.45, 7) is 7.88. The van der Waals surface area contributed by atoms with Gasteiger partial charge < -0.3 is 0 Å². The molecular weight excluding hydrogens is 236 g/mol. The van der Waals surface area contributed by atoms with E-state index in [4.69, 9.17) is 0 Å². The molecule has 0 saturated heterocycles. The van der Waals surface area contributed by atoms with Crippen LogP contribution in [-0.4, -0.2) is 9.13 Å². The fraction of sp³-hybridized carbons (Fsp3) is 0.438. The van der Waals surface area contributed by atoms with Crippen LogP contribution in [0.4, 0.5) is 0 Å². The molecule has 1 aromatic heterocycles. The normalized spacial score (nSPS) is 11.2. The van der Waals surface area contributed by atoms with E-state index < -0.39 is 0 Å². The maximum absolute atomic E-state index is 12.1. The van der Waals surface area contributed by atoms with Crippen molar-refractivity contribution in [2.45, 2.75) is 46.2 Å². The fourth-order valence-corrected chi connectivity index (χ4v) is 2.19. The average Bonchev–Trinajstić information content (AvgIpc) is 2.73. The second-order valence-electron chi connectivity index (χ2n) is 5.30. The molecule has 0 aliphatic heterocycles. The maximum atomic E-state index is 12.1. The Hall–Kier alpha value is -1.77. The minimum Gasteiger partial charge on any atom is -0.299 e. The smallest absolute Gasteiger partial charge is 0.299 e. The van der Waals surface area contributed by atoms with Crippen molar-refractivity contribution in [1.29, 1.82) is 0 Å². The maximum Gasteiger partial charge on any atom is 0.328 e. The van der Waals surface area contributed by atoms with Crippen LogP contribution in [0.15, 0.2) is 41.5 Å². The van der Waals surface area contributed by atoms with Gasteiger partial charge in [0.15, 0.2) is 0 Å². The van der Waals surface area contributed by atoms with Crippen LogP contribution >= 0.6 is 0 Å². The van der Waals surface area contributed by atoms with Gasteiger partial charge in [-0.3, -0.25) is 9.13 Å². The van der Waals surface area contributed by atoms with Gasteiger partial charge in [0.05, 0.1) is 6.54 Å². The van der Waals surface area contributed by atoms with Crippen LogP contribution in [0, 0.1) is 0 Å². The summed E-state index contributed by atoms with van der Waals surface area (Å²) in [5.41, 5.74) is 2.58. The molecule has 3 heteroatoms. The van der Waals surface area contributed by atoms with Gasteiger partial charge in [0.1, 0.15) is 0 Å². The Labute approximate surface area is 114 Å². The lowest BCUT2D eigenvalue weighted by Gasteiger charge is -2.07. The van der Waals surface area contributed by atoms with Crippen LogP contribution in [0.2, 0.25) is 0 Å². The van der Waals surface area contributed by atoms with E-state index in [9.17, 15) is 4.79 Å². The van der Waals surface area contributed by atoms with Crippen molar-refractivity contribution < 1.29 is 0 Å². The highest BCUT2D eigenvalue weighted by Crippen LogP contribution is 2.14. The summed E-state index contributed by atoms with van der Waals surface area (Å²) < 4.78 is 3.53. The van der Waals surface area contributed by atoms with Crippen molar-refractivity contribution in [3.63, 3.8) is 0 Å². The molecule has 0 spiro atoms. The Bertz CT molecular complexity index is 576. The van der Waals surface area contributed by atoms with Crippen molar-refractivity contribution in [3.8, 4) is 0 Å². The lowest BCUT2D eigenvalue weighted by atomic mass is 10.0. The van der Waals surface area contributed by atoms with Crippen molar-refractivity contribution in [2.24, 2.45) is 0 Å². The third-order valence-corrected chi connectivity index (χ3v) is 3.38. The first kappa shape index (κ1) is 13.7. The summed E-state index contributed by atoms with van der Waals surface area (Å²) in [5, 5.41) is 0. The largest absolute Gasteiger partial charge is 0.328 e. The molecule has 0 aliphatic rings. The van der Waals surface area contributed by atoms with Gasteiger partial charge in [-0.1, -0.05) is 45.0 Å². The zero-order valence-electron chi connectivity index (χ0n) is 12.0. The summed E-state index contributed by atoms with van der Waals surface area (Å²) in [6.07, 6.45) is 4.72. The molecule has 0 atom stereocenters. The minimum atomic E-state index is 0.0785. The standard InChI is InChI=1S/C16H22N2O/c1-4-9-17-10-11-18(16(17)19)12-14-5-7-15(8-6-14)13(2)3/h5-8,10-11,13H,4,9,12H2,1-3H3. The zero-order chi connectivity index (χ0) is 13.8. The average molecular weight is 258 g/mol. The lowest BCUT2D eigenvalue weighted by molar-refractivity contribution is 0.624. The fourth-order valence-electron chi connectivity index (χ4n) is 2.19. The zero-order valence-corrected chi connectivity index (χ0v) is 12.0. The molecule has 3 nitrogen and oxygen atoms in total. The van der Waals surface area contributed by atoms with Crippen LogP contribution in [0.1, 0.15) is 44.2 Å². The molecule has 0 N–H and O–H groups in total. The quantitative estimate of drug-likeness (QED) is 0.809. The van der Waals surface area contributed by atoms with E-state index in [0.717, 1.165) is 13.0 Å². The Morgan fingerprint density at radius 3 is 2.26 bits per heavy atom. The summed E-state index contributed by atoms with van der Waals surface area (Å²) in [5.74, 6) is 0.544. The van der Waals surface area contributed by atoms with Crippen LogP contribution in [0.3, 0.4) is 0 Å². The summed E-state index contributed by atoms with van der Waals surface area (Å²) in [7, 11) is 0. The van der Waals surface area contributed by atoms with Crippen molar-refractivity contribution in [3.05, 3.63) is 58.3 Å². The lowest BCUT2D eigenvalue weighted by Crippen LogP contribution is -2.24. The molecule has 102 valence electrons. The Balaban J connectivity index is 2.15. The van der Waals surface area contributed by atoms with Gasteiger partial charge >= 0.3 is 5.69 Å². The van der Waals surface area contributed by atoms with Gasteiger partial charge in [0.2, 0.25) is 0 Å². The molecule has 0 saturated carbocycles. The van der Waals surface area contributed by atoms with Gasteiger partial charge in [0.25, 0.3) is 0 Å². The Morgan fingerprint density at radius 2 is 1.68 bits per heavy atom. The Morgan fingerprint density at radius 1 is 1.05 bits per heavy atom. The highest BCUT2D eigenvalue weighted by molar-refractivity contribution is 5.24. The van der Waals surface area contributed by atoms with Gasteiger partial charge in [-0.15, -0.1) is 0 Å². The van der Waals surface area contributed by atoms with Gasteiger partial charge in [-0.2, -0.15) is 0 Å². The molecule has 0 fully saturated rings. The third kappa shape index (κ3) is 3.16. The first-order valence-electron chi connectivity index (χ1n) is 6.96. The number of aromatic nitrogens is 2. The number of benzene rings is 1. The van der Waals surface area contributed by atoms with Crippen LogP contribution in [-0.2, 0) is 13.1 Å². The molecule has 0 bridgehead atoms. The molecule has 2 aromatic rings. The molecular formula is C16H22N2O. The van der Waals surface area contributed by atoms with Crippen molar-refractivity contribution >= 4 is 0 Å². The van der Waals surface area contributed by atoms with Crippen molar-refractivity contribution in [1.82, 2.24) is 9.13 Å². The monoisotopic (exact) mass is 258 g/mol. The van der Waals surface area contributed by atoms with Crippen LogP contribution in [0.5, 0.6) is 0 Å². The molecule has 0 amide bonds. The number of aryl methyl sites for hydroxylation is 1. The summed E-state index contributed by atoms with van der Waals surface area (Å²) in [6, 6.07) is 8.51. The molecule has 0 radical (unpaired) electrons. The Kier molecular flexibility index (Phi) is 4.25. The van der Waals surface area contributed by atoms with E-state index in [0.29, 0.717) is 12.5 Å². The molecule has 1 heterocycles. The number of imidazole rings is 1. The summed E-state index contributed by atoms with van der Waals surface area (Å²) >= 11 is 0. The second-order valence-corrected chi connectivity index (χ2v) is 5.30. The van der Waals surface area contributed by atoms with E-state index in [2.05, 4.69) is 45.0 Å². The molecule has 0 unspecified atom stereocenters. The summed E-state index contributed by atoms with van der Waals surface area (Å²) in [4.78, 5) is 12.1. The van der Waals surface area contributed by atoms with E-state index in [1.54, 1.807) is 9.13 Å². The third-order valence-electron chi connectivity index (χ3n) is 3.38. The highest BCUT2D eigenvalue weighted by Gasteiger charge is 2.04. The predicted molar refractivity (Wildman–Crippen MR) is 78.6 cm³/mol.